The molecule has 0 spiro atoms. The standard InChI is InChI=1S/C13H23N3OS/c1-13(2,3)14-8-12-15-11(16-17-12)9-18-10-6-4-5-7-10/h10,14H,4-9H2,1-3H3. The summed E-state index contributed by atoms with van der Waals surface area (Å²) in [4.78, 5) is 4.41. The maximum atomic E-state index is 5.24. The van der Waals surface area contributed by atoms with Gasteiger partial charge in [0.2, 0.25) is 5.89 Å². The van der Waals surface area contributed by atoms with Gasteiger partial charge in [0, 0.05) is 10.8 Å². The van der Waals surface area contributed by atoms with Crippen LogP contribution >= 0.6 is 11.8 Å². The van der Waals surface area contributed by atoms with Gasteiger partial charge >= 0.3 is 0 Å². The predicted octanol–water partition coefficient (Wildman–Crippen LogP) is 3.13. The van der Waals surface area contributed by atoms with E-state index in [9.17, 15) is 0 Å². The quantitative estimate of drug-likeness (QED) is 0.890. The van der Waals surface area contributed by atoms with Crippen molar-refractivity contribution < 1.29 is 4.52 Å². The van der Waals surface area contributed by atoms with Gasteiger partial charge in [-0.15, -0.1) is 0 Å². The molecule has 1 aliphatic carbocycles. The van der Waals surface area contributed by atoms with Crippen molar-refractivity contribution >= 4 is 11.8 Å². The van der Waals surface area contributed by atoms with E-state index in [2.05, 4.69) is 36.2 Å². The van der Waals surface area contributed by atoms with Crippen LogP contribution in [0.25, 0.3) is 0 Å². The highest BCUT2D eigenvalue weighted by Gasteiger charge is 2.17. The monoisotopic (exact) mass is 269 g/mol. The third kappa shape index (κ3) is 4.61. The Kier molecular flexibility index (Phi) is 4.67. The van der Waals surface area contributed by atoms with Crippen LogP contribution < -0.4 is 5.32 Å². The van der Waals surface area contributed by atoms with Gasteiger partial charge < -0.3 is 9.84 Å². The van der Waals surface area contributed by atoms with Gasteiger partial charge in [0.1, 0.15) is 0 Å². The molecule has 0 atom stereocenters. The zero-order valence-electron chi connectivity index (χ0n) is 11.5. The number of nitrogens with one attached hydrogen (secondary N) is 1. The van der Waals surface area contributed by atoms with Gasteiger partial charge in [0.05, 0.1) is 12.3 Å². The van der Waals surface area contributed by atoms with Crippen molar-refractivity contribution in [2.45, 2.75) is 69.5 Å². The lowest BCUT2D eigenvalue weighted by atomic mass is 10.1. The normalized spacial score (nSPS) is 17.5. The minimum Gasteiger partial charge on any atom is -0.338 e. The SMILES string of the molecule is CC(C)(C)NCc1nc(CSC2CCCC2)no1. The number of hydrogen-bond acceptors (Lipinski definition) is 5. The summed E-state index contributed by atoms with van der Waals surface area (Å²) in [6, 6.07) is 0. The molecule has 1 fully saturated rings. The minimum absolute atomic E-state index is 0.0766. The lowest BCUT2D eigenvalue weighted by Crippen LogP contribution is -2.35. The summed E-state index contributed by atoms with van der Waals surface area (Å²) in [7, 11) is 0. The first-order valence-corrected chi connectivity index (χ1v) is 7.76. The van der Waals surface area contributed by atoms with E-state index in [1.807, 2.05) is 11.8 Å². The summed E-state index contributed by atoms with van der Waals surface area (Å²) in [5.74, 6) is 2.40. The van der Waals surface area contributed by atoms with Crippen molar-refractivity contribution in [2.24, 2.45) is 0 Å². The molecule has 0 radical (unpaired) electrons. The van der Waals surface area contributed by atoms with Crippen LogP contribution in [-0.2, 0) is 12.3 Å². The summed E-state index contributed by atoms with van der Waals surface area (Å²) in [5.41, 5.74) is 0.0766. The number of rotatable bonds is 5. The second-order valence-corrected chi connectivity index (χ2v) is 7.21. The van der Waals surface area contributed by atoms with E-state index < -0.39 is 0 Å². The molecule has 4 nitrogen and oxygen atoms in total. The highest BCUT2D eigenvalue weighted by atomic mass is 32.2. The fourth-order valence-electron chi connectivity index (χ4n) is 2.01. The summed E-state index contributed by atoms with van der Waals surface area (Å²) in [5, 5.41) is 8.18. The molecule has 0 unspecified atom stereocenters. The van der Waals surface area contributed by atoms with Gasteiger partial charge in [-0.05, 0) is 33.6 Å². The highest BCUT2D eigenvalue weighted by molar-refractivity contribution is 7.99. The van der Waals surface area contributed by atoms with Crippen molar-refractivity contribution in [1.29, 1.82) is 0 Å². The van der Waals surface area contributed by atoms with E-state index in [1.54, 1.807) is 0 Å². The highest BCUT2D eigenvalue weighted by Crippen LogP contribution is 2.30. The van der Waals surface area contributed by atoms with Crippen molar-refractivity contribution in [1.82, 2.24) is 15.5 Å². The Bertz CT molecular complexity index is 367. The summed E-state index contributed by atoms with van der Waals surface area (Å²) >= 11 is 1.97. The Morgan fingerprint density at radius 1 is 1.33 bits per heavy atom. The zero-order valence-corrected chi connectivity index (χ0v) is 12.3. The molecule has 0 bridgehead atoms. The molecule has 1 saturated carbocycles. The third-order valence-corrected chi connectivity index (χ3v) is 4.40. The van der Waals surface area contributed by atoms with Crippen LogP contribution in [0.3, 0.4) is 0 Å². The minimum atomic E-state index is 0.0766. The van der Waals surface area contributed by atoms with Gasteiger partial charge in [0.25, 0.3) is 0 Å². The predicted molar refractivity (Wildman–Crippen MR) is 74.4 cm³/mol. The lowest BCUT2D eigenvalue weighted by molar-refractivity contribution is 0.334. The molecule has 1 N–H and O–H groups in total. The van der Waals surface area contributed by atoms with Crippen LogP contribution in [-0.4, -0.2) is 20.9 Å². The zero-order chi connectivity index (χ0) is 13.0. The molecule has 1 aliphatic rings. The van der Waals surface area contributed by atoms with E-state index in [4.69, 9.17) is 4.52 Å². The first-order chi connectivity index (χ1) is 8.53. The maximum Gasteiger partial charge on any atom is 0.240 e. The van der Waals surface area contributed by atoms with Crippen molar-refractivity contribution in [3.05, 3.63) is 11.7 Å². The molecule has 5 heteroatoms. The van der Waals surface area contributed by atoms with Gasteiger partial charge in [-0.2, -0.15) is 16.7 Å². The van der Waals surface area contributed by atoms with Crippen LogP contribution in [0.15, 0.2) is 4.52 Å². The fourth-order valence-corrected chi connectivity index (χ4v) is 3.18. The van der Waals surface area contributed by atoms with Crippen molar-refractivity contribution in [2.75, 3.05) is 0 Å². The molecule has 1 aromatic heterocycles. The molecule has 18 heavy (non-hydrogen) atoms. The molecular formula is C13H23N3OS. The van der Waals surface area contributed by atoms with Gasteiger partial charge in [-0.1, -0.05) is 18.0 Å². The number of hydrogen-bond donors (Lipinski definition) is 1. The maximum absolute atomic E-state index is 5.24. The van der Waals surface area contributed by atoms with Crippen LogP contribution in [0, 0.1) is 0 Å². The molecule has 0 saturated heterocycles. The molecule has 0 amide bonds. The molecule has 102 valence electrons. The number of aromatic nitrogens is 2. The topological polar surface area (TPSA) is 51.0 Å². The Labute approximate surface area is 113 Å². The summed E-state index contributed by atoms with van der Waals surface area (Å²) < 4.78 is 5.24. The lowest BCUT2D eigenvalue weighted by Gasteiger charge is -2.18. The summed E-state index contributed by atoms with van der Waals surface area (Å²) in [6.45, 7) is 7.02. The fraction of sp³-hybridized carbons (Fsp3) is 0.846. The van der Waals surface area contributed by atoms with Crippen LogP contribution in [0.2, 0.25) is 0 Å². The average molecular weight is 269 g/mol. The molecule has 0 aliphatic heterocycles. The molecule has 1 heterocycles. The third-order valence-electron chi connectivity index (χ3n) is 3.03. The summed E-state index contributed by atoms with van der Waals surface area (Å²) in [6.07, 6.45) is 5.46. The van der Waals surface area contributed by atoms with E-state index in [1.165, 1.54) is 25.7 Å². The van der Waals surface area contributed by atoms with E-state index in [-0.39, 0.29) is 5.54 Å². The Hall–Kier alpha value is -0.550. The van der Waals surface area contributed by atoms with Crippen molar-refractivity contribution in [3.63, 3.8) is 0 Å². The van der Waals surface area contributed by atoms with Crippen LogP contribution in [0.5, 0.6) is 0 Å². The molecule has 0 aromatic carbocycles. The second-order valence-electron chi connectivity index (χ2n) is 5.93. The number of thioether (sulfide) groups is 1. The number of nitrogens with zero attached hydrogens (tertiary/aromatic N) is 2. The van der Waals surface area contributed by atoms with Gasteiger partial charge in [-0.25, -0.2) is 0 Å². The van der Waals surface area contributed by atoms with E-state index in [0.29, 0.717) is 12.4 Å². The first-order valence-electron chi connectivity index (χ1n) is 6.71. The van der Waals surface area contributed by atoms with Crippen LogP contribution in [0.1, 0.15) is 58.2 Å². The molecule has 1 aromatic rings. The van der Waals surface area contributed by atoms with Gasteiger partial charge in [-0.3, -0.25) is 0 Å². The first kappa shape index (κ1) is 13.9. The van der Waals surface area contributed by atoms with Gasteiger partial charge in [0.15, 0.2) is 5.82 Å². The smallest absolute Gasteiger partial charge is 0.240 e. The van der Waals surface area contributed by atoms with Crippen molar-refractivity contribution in [3.8, 4) is 0 Å². The molecule has 2 rings (SSSR count). The van der Waals surface area contributed by atoms with Crippen LogP contribution in [0.4, 0.5) is 0 Å². The largest absolute Gasteiger partial charge is 0.338 e. The van der Waals surface area contributed by atoms with E-state index >= 15 is 0 Å². The Morgan fingerprint density at radius 2 is 2.06 bits per heavy atom. The average Bonchev–Trinajstić information content (AvgIpc) is 2.94. The molecular weight excluding hydrogens is 246 g/mol. The second kappa shape index (κ2) is 6.06. The Balaban J connectivity index is 1.75. The van der Waals surface area contributed by atoms with E-state index in [0.717, 1.165) is 16.8 Å². The Morgan fingerprint density at radius 3 is 2.72 bits per heavy atom.